The number of hydrogen-bond acceptors (Lipinski definition) is 5. The molecule has 0 radical (unpaired) electrons. The molecule has 3 aliphatic rings. The number of aliphatic carboxylic acids is 1. The van der Waals surface area contributed by atoms with Gasteiger partial charge < -0.3 is 20.5 Å². The summed E-state index contributed by atoms with van der Waals surface area (Å²) in [6.07, 6.45) is 6.24. The molecule has 1 aromatic rings. The Hall–Kier alpha value is -2.42. The van der Waals surface area contributed by atoms with Crippen molar-refractivity contribution in [1.82, 2.24) is 15.1 Å². The molecule has 2 saturated heterocycles. The van der Waals surface area contributed by atoms with Crippen LogP contribution in [0.5, 0.6) is 0 Å². The van der Waals surface area contributed by atoms with Crippen molar-refractivity contribution in [3.8, 4) is 0 Å². The largest absolute Gasteiger partial charge is 0.481 e. The normalized spacial score (nSPS) is 29.2. The molecule has 3 N–H and O–H groups in total. The smallest absolute Gasteiger partial charge is 0.310 e. The van der Waals surface area contributed by atoms with Gasteiger partial charge in [0.05, 0.1) is 29.7 Å². The van der Waals surface area contributed by atoms with Crippen molar-refractivity contribution in [1.29, 1.82) is 0 Å². The molecule has 4 unspecified atom stereocenters. The molecule has 2 amide bonds. The van der Waals surface area contributed by atoms with Crippen molar-refractivity contribution < 1.29 is 24.2 Å². The summed E-state index contributed by atoms with van der Waals surface area (Å²) in [7, 11) is 0. The highest BCUT2D eigenvalue weighted by molar-refractivity contribution is 6.03. The molecular formula is C19H26N4O5. The van der Waals surface area contributed by atoms with Crippen LogP contribution in [-0.2, 0) is 20.9 Å². The molecule has 4 atom stereocenters. The van der Waals surface area contributed by atoms with Crippen molar-refractivity contribution in [3.63, 3.8) is 0 Å². The Morgan fingerprint density at radius 2 is 1.86 bits per heavy atom. The van der Waals surface area contributed by atoms with E-state index in [1.54, 1.807) is 10.9 Å². The van der Waals surface area contributed by atoms with Crippen molar-refractivity contribution in [3.05, 3.63) is 11.9 Å². The van der Waals surface area contributed by atoms with Crippen molar-refractivity contribution in [2.45, 2.75) is 70.2 Å². The molecule has 0 spiro atoms. The van der Waals surface area contributed by atoms with Gasteiger partial charge in [-0.05, 0) is 32.6 Å². The molecular weight excluding hydrogens is 364 g/mol. The van der Waals surface area contributed by atoms with Crippen LogP contribution in [-0.4, -0.2) is 50.9 Å². The minimum absolute atomic E-state index is 0.137. The molecule has 0 aromatic carbocycles. The molecule has 1 saturated carbocycles. The number of fused-ring (bicyclic) bond motifs is 2. The molecule has 2 aliphatic heterocycles. The molecule has 4 rings (SSSR count). The molecule has 9 heteroatoms. The lowest BCUT2D eigenvalue weighted by Crippen LogP contribution is -2.41. The number of nitrogens with one attached hydrogen (secondary N) is 2. The molecule has 1 aliphatic carbocycles. The van der Waals surface area contributed by atoms with Crippen molar-refractivity contribution in [2.75, 3.05) is 5.32 Å². The van der Waals surface area contributed by atoms with E-state index in [1.165, 1.54) is 0 Å². The number of aromatic nitrogens is 2. The van der Waals surface area contributed by atoms with E-state index in [-0.39, 0.29) is 23.7 Å². The summed E-state index contributed by atoms with van der Waals surface area (Å²) in [6.45, 7) is 2.44. The first-order valence-electron chi connectivity index (χ1n) is 10.1. The number of rotatable bonds is 6. The summed E-state index contributed by atoms with van der Waals surface area (Å²) in [5.41, 5.74) is 0.479. The van der Waals surface area contributed by atoms with Gasteiger partial charge in [-0.1, -0.05) is 12.8 Å². The molecule has 28 heavy (non-hydrogen) atoms. The SMILES string of the molecule is CCn1cc(NC(=O)C2C3CCC(O3)C2C(=O)O)c(C(=O)NC2CCCC2)n1. The fourth-order valence-electron chi connectivity index (χ4n) is 4.71. The maximum atomic E-state index is 12.9. The predicted octanol–water partition coefficient (Wildman–Crippen LogP) is 1.39. The first kappa shape index (κ1) is 18.9. The Morgan fingerprint density at radius 1 is 1.18 bits per heavy atom. The number of amides is 2. The minimum atomic E-state index is -1.02. The third-order valence-electron chi connectivity index (χ3n) is 6.11. The number of carbonyl (C=O) groups is 3. The quantitative estimate of drug-likeness (QED) is 0.675. The Labute approximate surface area is 162 Å². The summed E-state index contributed by atoms with van der Waals surface area (Å²) in [6, 6.07) is 0.137. The number of carbonyl (C=O) groups excluding carboxylic acids is 2. The van der Waals surface area contributed by atoms with E-state index in [2.05, 4.69) is 15.7 Å². The number of carboxylic acids is 1. The van der Waals surface area contributed by atoms with Gasteiger partial charge in [0.15, 0.2) is 5.69 Å². The van der Waals surface area contributed by atoms with Gasteiger partial charge in [0.1, 0.15) is 0 Å². The second-order valence-electron chi connectivity index (χ2n) is 7.87. The average molecular weight is 390 g/mol. The van der Waals surface area contributed by atoms with Crippen LogP contribution < -0.4 is 10.6 Å². The van der Waals surface area contributed by atoms with E-state index in [1.807, 2.05) is 6.92 Å². The standard InChI is InChI=1S/C19H26N4O5/c1-2-23-9-11(16(22-23)18(25)20-10-5-3-4-6-10)21-17(24)14-12-7-8-13(28-12)15(14)19(26)27/h9-10,12-15H,2-8H2,1H3,(H,20,25)(H,21,24)(H,26,27). The van der Waals surface area contributed by atoms with E-state index in [0.29, 0.717) is 25.1 Å². The lowest BCUT2D eigenvalue weighted by atomic mass is 9.78. The van der Waals surface area contributed by atoms with Gasteiger partial charge >= 0.3 is 5.97 Å². The molecule has 9 nitrogen and oxygen atoms in total. The third-order valence-corrected chi connectivity index (χ3v) is 6.11. The minimum Gasteiger partial charge on any atom is -0.481 e. The summed E-state index contributed by atoms with van der Waals surface area (Å²) in [5.74, 6) is -3.36. The highest BCUT2D eigenvalue weighted by atomic mass is 16.5. The number of aryl methyl sites for hydroxylation is 1. The number of hydrogen-bond donors (Lipinski definition) is 3. The van der Waals surface area contributed by atoms with Gasteiger partial charge in [-0.15, -0.1) is 0 Å². The Balaban J connectivity index is 1.52. The van der Waals surface area contributed by atoms with E-state index < -0.39 is 29.8 Å². The van der Waals surface area contributed by atoms with E-state index >= 15 is 0 Å². The maximum Gasteiger partial charge on any atom is 0.310 e. The zero-order chi connectivity index (χ0) is 19.8. The highest BCUT2D eigenvalue weighted by Crippen LogP contribution is 2.44. The highest BCUT2D eigenvalue weighted by Gasteiger charge is 2.55. The average Bonchev–Trinajstić information content (AvgIpc) is 3.44. The van der Waals surface area contributed by atoms with Crippen molar-refractivity contribution in [2.24, 2.45) is 11.8 Å². The van der Waals surface area contributed by atoms with Crippen LogP contribution in [0.25, 0.3) is 0 Å². The number of anilines is 1. The topological polar surface area (TPSA) is 123 Å². The molecule has 1 aromatic heterocycles. The molecule has 3 fully saturated rings. The molecule has 152 valence electrons. The van der Waals surface area contributed by atoms with Crippen LogP contribution in [0.15, 0.2) is 6.20 Å². The van der Waals surface area contributed by atoms with Gasteiger partial charge in [-0.3, -0.25) is 19.1 Å². The van der Waals surface area contributed by atoms with Crippen LogP contribution in [0.1, 0.15) is 55.9 Å². The lowest BCUT2D eigenvalue weighted by Gasteiger charge is -2.23. The fourth-order valence-corrected chi connectivity index (χ4v) is 4.71. The second kappa shape index (κ2) is 7.54. The van der Waals surface area contributed by atoms with E-state index in [0.717, 1.165) is 25.7 Å². The Bertz CT molecular complexity index is 785. The number of nitrogens with zero attached hydrogens (tertiary/aromatic N) is 2. The van der Waals surface area contributed by atoms with Gasteiger partial charge in [0, 0.05) is 18.8 Å². The summed E-state index contributed by atoms with van der Waals surface area (Å²) in [4.78, 5) is 37.2. The summed E-state index contributed by atoms with van der Waals surface area (Å²) >= 11 is 0. The second-order valence-corrected chi connectivity index (χ2v) is 7.87. The number of ether oxygens (including phenoxy) is 1. The first-order chi connectivity index (χ1) is 13.5. The summed E-state index contributed by atoms with van der Waals surface area (Å²) < 4.78 is 7.26. The first-order valence-corrected chi connectivity index (χ1v) is 10.1. The lowest BCUT2D eigenvalue weighted by molar-refractivity contribution is -0.147. The zero-order valence-corrected chi connectivity index (χ0v) is 15.9. The van der Waals surface area contributed by atoms with E-state index in [4.69, 9.17) is 4.74 Å². The Morgan fingerprint density at radius 3 is 2.50 bits per heavy atom. The van der Waals surface area contributed by atoms with E-state index in [9.17, 15) is 19.5 Å². The predicted molar refractivity (Wildman–Crippen MR) is 98.8 cm³/mol. The van der Waals surface area contributed by atoms with Gasteiger partial charge in [-0.2, -0.15) is 5.10 Å². The van der Waals surface area contributed by atoms with Crippen LogP contribution >= 0.6 is 0 Å². The van der Waals surface area contributed by atoms with Gasteiger partial charge in [-0.25, -0.2) is 0 Å². The number of carboxylic acid groups (broad SMARTS) is 1. The van der Waals surface area contributed by atoms with Gasteiger partial charge in [0.2, 0.25) is 5.91 Å². The Kier molecular flexibility index (Phi) is 5.09. The third kappa shape index (κ3) is 3.39. The molecule has 3 heterocycles. The maximum absolute atomic E-state index is 12.9. The van der Waals surface area contributed by atoms with Crippen molar-refractivity contribution >= 4 is 23.5 Å². The summed E-state index contributed by atoms with van der Waals surface area (Å²) in [5, 5.41) is 19.6. The van der Waals surface area contributed by atoms with Crippen LogP contribution in [0.4, 0.5) is 5.69 Å². The van der Waals surface area contributed by atoms with Crippen LogP contribution in [0.3, 0.4) is 0 Å². The fraction of sp³-hybridized carbons (Fsp3) is 0.684. The zero-order valence-electron chi connectivity index (χ0n) is 15.9. The van der Waals surface area contributed by atoms with Crippen LogP contribution in [0.2, 0.25) is 0 Å². The van der Waals surface area contributed by atoms with Gasteiger partial charge in [0.25, 0.3) is 5.91 Å². The van der Waals surface area contributed by atoms with Crippen LogP contribution in [0, 0.1) is 11.8 Å². The monoisotopic (exact) mass is 390 g/mol. The molecule has 2 bridgehead atoms.